The molecule has 0 spiro atoms. The standard InChI is InChI=1S/C29H20FN3/c1-29(2)19-10-3-5-12-22(19)33(23-13-6-4-11-20(23)29)24-16-21(30)26-25-17(24)8-7-9-18(25)27-28(26)32-15-14-31-27/h3-16H,1-2H3. The Morgan fingerprint density at radius 1 is 0.727 bits per heavy atom. The molecule has 1 aliphatic carbocycles. The van der Waals surface area contributed by atoms with Gasteiger partial charge in [-0.15, -0.1) is 0 Å². The molecule has 0 atom stereocenters. The smallest absolute Gasteiger partial charge is 0.135 e. The Bertz CT molecular complexity index is 1570. The summed E-state index contributed by atoms with van der Waals surface area (Å²) in [7, 11) is 0. The molecule has 2 heterocycles. The second kappa shape index (κ2) is 6.26. The van der Waals surface area contributed by atoms with Gasteiger partial charge in [0.05, 0.1) is 22.8 Å². The zero-order valence-corrected chi connectivity index (χ0v) is 18.3. The summed E-state index contributed by atoms with van der Waals surface area (Å²) in [5, 5.41) is 1.88. The van der Waals surface area contributed by atoms with Crippen LogP contribution >= 0.6 is 0 Å². The Hall–Kier alpha value is -4.05. The van der Waals surface area contributed by atoms with Crippen LogP contribution in [0.3, 0.4) is 0 Å². The molecule has 4 aromatic carbocycles. The Balaban J connectivity index is 1.60. The molecule has 1 aliphatic heterocycles. The number of hydrogen-bond acceptors (Lipinski definition) is 3. The summed E-state index contributed by atoms with van der Waals surface area (Å²) in [4.78, 5) is 11.2. The monoisotopic (exact) mass is 429 g/mol. The normalized spacial score (nSPS) is 14.7. The maximum atomic E-state index is 15.9. The molecule has 0 radical (unpaired) electrons. The molecule has 7 rings (SSSR count). The molecular weight excluding hydrogens is 409 g/mol. The molecular formula is C29H20FN3. The van der Waals surface area contributed by atoms with Crippen molar-refractivity contribution in [1.29, 1.82) is 0 Å². The Morgan fingerprint density at radius 3 is 2.06 bits per heavy atom. The van der Waals surface area contributed by atoms with E-state index >= 15 is 4.39 Å². The molecule has 0 N–H and O–H groups in total. The van der Waals surface area contributed by atoms with Gasteiger partial charge in [0.25, 0.3) is 0 Å². The molecule has 4 heteroatoms. The summed E-state index contributed by atoms with van der Waals surface area (Å²) in [5.41, 5.74) is 8.11. The molecule has 5 aromatic rings. The molecule has 0 saturated heterocycles. The highest BCUT2D eigenvalue weighted by atomic mass is 19.1. The maximum Gasteiger partial charge on any atom is 0.135 e. The molecule has 0 unspecified atom stereocenters. The van der Waals surface area contributed by atoms with E-state index in [1.807, 2.05) is 12.1 Å². The number of hydrogen-bond donors (Lipinski definition) is 0. The van der Waals surface area contributed by atoms with Crippen molar-refractivity contribution in [2.45, 2.75) is 19.3 Å². The average molecular weight is 429 g/mol. The molecule has 0 bridgehead atoms. The van der Waals surface area contributed by atoms with Crippen molar-refractivity contribution < 1.29 is 4.39 Å². The second-order valence-corrected chi connectivity index (χ2v) is 9.23. The minimum atomic E-state index is -0.274. The zero-order valence-electron chi connectivity index (χ0n) is 18.3. The van der Waals surface area contributed by atoms with E-state index in [0.29, 0.717) is 11.3 Å². The number of fused-ring (bicyclic) bond motifs is 5. The van der Waals surface area contributed by atoms with Gasteiger partial charge in [-0.05, 0) is 29.3 Å². The van der Waals surface area contributed by atoms with Crippen molar-refractivity contribution in [2.75, 3.05) is 4.90 Å². The van der Waals surface area contributed by atoms with E-state index in [9.17, 15) is 0 Å². The van der Waals surface area contributed by atoms with Crippen LogP contribution in [0.4, 0.5) is 21.5 Å². The number of halogens is 1. The summed E-state index contributed by atoms with van der Waals surface area (Å²) in [6, 6.07) is 24.7. The third-order valence-corrected chi connectivity index (χ3v) is 7.16. The SMILES string of the molecule is CC1(C)c2ccccc2N(c2cc(F)c3c4c(cccc24)-c2nccnc2-3)c2ccccc21. The van der Waals surface area contributed by atoms with Crippen LogP contribution in [0.5, 0.6) is 0 Å². The van der Waals surface area contributed by atoms with E-state index < -0.39 is 0 Å². The van der Waals surface area contributed by atoms with Gasteiger partial charge in [0.2, 0.25) is 0 Å². The van der Waals surface area contributed by atoms with Gasteiger partial charge in [0.1, 0.15) is 11.5 Å². The van der Waals surface area contributed by atoms with E-state index in [0.717, 1.165) is 39.1 Å². The second-order valence-electron chi connectivity index (χ2n) is 9.23. The molecule has 1 aromatic heterocycles. The third kappa shape index (κ3) is 2.28. The fourth-order valence-corrected chi connectivity index (χ4v) is 5.69. The summed E-state index contributed by atoms with van der Waals surface area (Å²) in [6.45, 7) is 4.51. The van der Waals surface area contributed by atoms with Crippen molar-refractivity contribution in [1.82, 2.24) is 9.97 Å². The van der Waals surface area contributed by atoms with Crippen LogP contribution in [0, 0.1) is 5.82 Å². The minimum absolute atomic E-state index is 0.166. The first-order valence-corrected chi connectivity index (χ1v) is 11.1. The van der Waals surface area contributed by atoms with Crippen molar-refractivity contribution in [3.63, 3.8) is 0 Å². The number of aromatic nitrogens is 2. The van der Waals surface area contributed by atoms with Crippen LogP contribution < -0.4 is 4.90 Å². The number of nitrogens with zero attached hydrogens (tertiary/aromatic N) is 3. The van der Waals surface area contributed by atoms with Gasteiger partial charge in [-0.1, -0.05) is 68.4 Å². The number of benzene rings is 4. The Labute approximate surface area is 191 Å². The van der Waals surface area contributed by atoms with E-state index in [2.05, 4.69) is 83.3 Å². The highest BCUT2D eigenvalue weighted by Crippen LogP contribution is 2.55. The quantitative estimate of drug-likeness (QED) is 0.271. The highest BCUT2D eigenvalue weighted by Gasteiger charge is 2.38. The first kappa shape index (κ1) is 18.5. The third-order valence-electron chi connectivity index (χ3n) is 7.16. The van der Waals surface area contributed by atoms with E-state index in [4.69, 9.17) is 0 Å². The lowest BCUT2D eigenvalue weighted by atomic mass is 9.73. The van der Waals surface area contributed by atoms with Crippen LogP contribution in [-0.4, -0.2) is 9.97 Å². The Morgan fingerprint density at radius 2 is 1.36 bits per heavy atom. The van der Waals surface area contributed by atoms with Crippen molar-refractivity contribution >= 4 is 27.8 Å². The largest absolute Gasteiger partial charge is 0.309 e. The predicted octanol–water partition coefficient (Wildman–Crippen LogP) is 7.53. The predicted molar refractivity (Wildman–Crippen MR) is 131 cm³/mol. The zero-order chi connectivity index (χ0) is 22.3. The number of para-hydroxylation sites is 2. The van der Waals surface area contributed by atoms with Gasteiger partial charge in [-0.25, -0.2) is 4.39 Å². The fraction of sp³-hybridized carbons (Fsp3) is 0.103. The molecule has 0 saturated carbocycles. The first-order chi connectivity index (χ1) is 16.1. The van der Waals surface area contributed by atoms with Crippen molar-refractivity contribution in [3.05, 3.63) is 102 Å². The van der Waals surface area contributed by atoms with Gasteiger partial charge >= 0.3 is 0 Å². The van der Waals surface area contributed by atoms with E-state index in [1.165, 1.54) is 11.1 Å². The van der Waals surface area contributed by atoms with Gasteiger partial charge in [-0.3, -0.25) is 9.97 Å². The minimum Gasteiger partial charge on any atom is -0.309 e. The summed E-state index contributed by atoms with van der Waals surface area (Å²) in [5.74, 6) is -0.274. The van der Waals surface area contributed by atoms with Crippen LogP contribution in [0.25, 0.3) is 33.3 Å². The topological polar surface area (TPSA) is 29.0 Å². The summed E-state index contributed by atoms with van der Waals surface area (Å²) in [6.07, 6.45) is 3.30. The molecule has 2 aliphatic rings. The molecule has 0 amide bonds. The first-order valence-electron chi connectivity index (χ1n) is 11.1. The van der Waals surface area contributed by atoms with Gasteiger partial charge in [0, 0.05) is 39.7 Å². The van der Waals surface area contributed by atoms with E-state index in [-0.39, 0.29) is 11.2 Å². The number of anilines is 3. The Kier molecular flexibility index (Phi) is 3.51. The summed E-state index contributed by atoms with van der Waals surface area (Å²) < 4.78 is 15.9. The van der Waals surface area contributed by atoms with Gasteiger partial charge in [-0.2, -0.15) is 0 Å². The van der Waals surface area contributed by atoms with Crippen molar-refractivity contribution in [3.8, 4) is 22.5 Å². The fourth-order valence-electron chi connectivity index (χ4n) is 5.69. The maximum absolute atomic E-state index is 15.9. The average Bonchev–Trinajstić information content (AvgIpc) is 3.18. The van der Waals surface area contributed by atoms with Crippen LogP contribution in [0.15, 0.2) is 85.2 Å². The van der Waals surface area contributed by atoms with Crippen LogP contribution in [0.1, 0.15) is 25.0 Å². The molecule has 0 fully saturated rings. The molecule has 158 valence electrons. The molecule has 33 heavy (non-hydrogen) atoms. The highest BCUT2D eigenvalue weighted by molar-refractivity contribution is 6.18. The lowest BCUT2D eigenvalue weighted by Gasteiger charge is -2.42. The number of rotatable bonds is 1. The van der Waals surface area contributed by atoms with Gasteiger partial charge < -0.3 is 4.90 Å². The molecule has 3 nitrogen and oxygen atoms in total. The summed E-state index contributed by atoms with van der Waals surface area (Å²) >= 11 is 0. The van der Waals surface area contributed by atoms with Crippen LogP contribution in [-0.2, 0) is 5.41 Å². The van der Waals surface area contributed by atoms with E-state index in [1.54, 1.807) is 18.5 Å². The van der Waals surface area contributed by atoms with Gasteiger partial charge in [0.15, 0.2) is 0 Å². The lowest BCUT2D eigenvalue weighted by molar-refractivity contribution is 0.628. The lowest BCUT2D eigenvalue weighted by Crippen LogP contribution is -2.30. The van der Waals surface area contributed by atoms with Crippen LogP contribution in [0.2, 0.25) is 0 Å². The van der Waals surface area contributed by atoms with Crippen molar-refractivity contribution in [2.24, 2.45) is 0 Å².